The van der Waals surface area contributed by atoms with Gasteiger partial charge >= 0.3 is 5.97 Å². The van der Waals surface area contributed by atoms with Crippen molar-refractivity contribution >= 4 is 11.9 Å². The van der Waals surface area contributed by atoms with Crippen LogP contribution in [0.5, 0.6) is 5.88 Å². The predicted molar refractivity (Wildman–Crippen MR) is 89.7 cm³/mol. The Hall–Kier alpha value is -3.16. The first-order chi connectivity index (χ1) is 12.0. The van der Waals surface area contributed by atoms with Crippen LogP contribution in [-0.4, -0.2) is 35.2 Å². The lowest BCUT2D eigenvalue weighted by atomic mass is 10.2. The van der Waals surface area contributed by atoms with Crippen LogP contribution in [0.4, 0.5) is 0 Å². The topological polar surface area (TPSA) is 90.7 Å². The van der Waals surface area contributed by atoms with Crippen LogP contribution in [-0.2, 0) is 20.9 Å². The van der Waals surface area contributed by atoms with E-state index in [1.54, 1.807) is 0 Å². The van der Waals surface area contributed by atoms with Gasteiger partial charge in [-0.3, -0.25) is 14.4 Å². The molecule has 0 saturated carbocycles. The summed E-state index contributed by atoms with van der Waals surface area (Å²) < 4.78 is 11.1. The number of esters is 1. The third kappa shape index (κ3) is 5.17. The largest absolute Gasteiger partial charge is 0.473 e. The van der Waals surface area contributed by atoms with Gasteiger partial charge in [0.25, 0.3) is 5.56 Å². The summed E-state index contributed by atoms with van der Waals surface area (Å²) in [4.78, 5) is 39.3. The highest BCUT2D eigenvalue weighted by Gasteiger charge is 2.15. The molecule has 0 bridgehead atoms. The van der Waals surface area contributed by atoms with Gasteiger partial charge in [0.05, 0.1) is 26.1 Å². The fraction of sp³-hybridized carbons (Fsp3) is 0.294. The Balaban J connectivity index is 2.09. The van der Waals surface area contributed by atoms with Crippen molar-refractivity contribution in [3.05, 3.63) is 58.6 Å². The zero-order valence-electron chi connectivity index (χ0n) is 14.0. The van der Waals surface area contributed by atoms with E-state index >= 15 is 0 Å². The van der Waals surface area contributed by atoms with Crippen molar-refractivity contribution in [2.75, 3.05) is 18.7 Å². The lowest BCUT2D eigenvalue weighted by Crippen LogP contribution is -2.46. The maximum absolute atomic E-state index is 12.2. The van der Waals surface area contributed by atoms with Gasteiger partial charge in [-0.1, -0.05) is 30.3 Å². The lowest BCUT2D eigenvalue weighted by Gasteiger charge is -2.22. The van der Waals surface area contributed by atoms with E-state index in [0.29, 0.717) is 0 Å². The number of benzene rings is 1. The van der Waals surface area contributed by atoms with Gasteiger partial charge in [-0.2, -0.15) is 0 Å². The maximum atomic E-state index is 12.2. The summed E-state index contributed by atoms with van der Waals surface area (Å²) in [6.45, 7) is 1.58. The molecule has 0 aliphatic carbocycles. The number of carbonyl (C=O) groups is 2. The summed E-state index contributed by atoms with van der Waals surface area (Å²) in [6, 6.07) is 10.6. The van der Waals surface area contributed by atoms with Crippen LogP contribution in [0.1, 0.15) is 18.9 Å². The minimum Gasteiger partial charge on any atom is -0.473 e. The van der Waals surface area contributed by atoms with Crippen molar-refractivity contribution < 1.29 is 19.1 Å². The molecule has 0 spiro atoms. The summed E-state index contributed by atoms with van der Waals surface area (Å²) >= 11 is 0. The molecular weight excluding hydrogens is 326 g/mol. The number of hydrogen-bond acceptors (Lipinski definition) is 6. The van der Waals surface area contributed by atoms with Gasteiger partial charge in [-0.05, 0) is 5.56 Å². The van der Waals surface area contributed by atoms with Crippen molar-refractivity contribution in [2.45, 2.75) is 20.0 Å². The Bertz CT molecular complexity index is 788. The molecule has 8 nitrogen and oxygen atoms in total. The summed E-state index contributed by atoms with van der Waals surface area (Å²) in [7, 11) is 1.26. The van der Waals surface area contributed by atoms with Crippen LogP contribution in [0.25, 0.3) is 0 Å². The smallest absolute Gasteiger partial charge is 0.307 e. The minimum absolute atomic E-state index is 0.00775. The highest BCUT2D eigenvalue weighted by atomic mass is 16.5. The molecule has 2 aromatic rings. The molecule has 0 N–H and O–H groups in total. The minimum atomic E-state index is -0.488. The Morgan fingerprint density at radius 1 is 1.24 bits per heavy atom. The molecule has 0 atom stereocenters. The first-order valence-corrected chi connectivity index (χ1v) is 7.62. The molecule has 0 radical (unpaired) electrons. The number of aromatic nitrogens is 2. The van der Waals surface area contributed by atoms with Gasteiger partial charge in [0.1, 0.15) is 12.9 Å². The molecule has 2 rings (SSSR count). The van der Waals surface area contributed by atoms with Crippen molar-refractivity contribution in [3.63, 3.8) is 0 Å². The molecule has 0 unspecified atom stereocenters. The van der Waals surface area contributed by atoms with Gasteiger partial charge in [0, 0.05) is 6.92 Å². The Morgan fingerprint density at radius 3 is 2.56 bits per heavy atom. The average Bonchev–Trinajstić information content (AvgIpc) is 2.61. The Labute approximate surface area is 144 Å². The highest BCUT2D eigenvalue weighted by molar-refractivity contribution is 5.84. The number of ether oxygens (including phenoxy) is 2. The van der Waals surface area contributed by atoms with Gasteiger partial charge < -0.3 is 9.47 Å². The van der Waals surface area contributed by atoms with Crippen LogP contribution < -0.4 is 15.3 Å². The summed E-state index contributed by atoms with van der Waals surface area (Å²) in [5.41, 5.74) is 0.454. The molecule has 132 valence electrons. The van der Waals surface area contributed by atoms with Gasteiger partial charge in [0.15, 0.2) is 0 Å². The molecule has 0 fully saturated rings. The number of rotatable bonds is 7. The molecule has 1 heterocycles. The summed E-state index contributed by atoms with van der Waals surface area (Å²) in [5, 5.41) is 1.12. The molecular formula is C17H19N3O5. The summed E-state index contributed by atoms with van der Waals surface area (Å²) in [5.74, 6) is -0.720. The normalized spacial score (nSPS) is 10.2. The highest BCUT2D eigenvalue weighted by Crippen LogP contribution is 2.06. The molecule has 8 heteroatoms. The third-order valence-electron chi connectivity index (χ3n) is 3.38. The average molecular weight is 345 g/mol. The van der Waals surface area contributed by atoms with Crippen LogP contribution >= 0.6 is 0 Å². The van der Waals surface area contributed by atoms with Gasteiger partial charge in [-0.15, -0.1) is 0 Å². The van der Waals surface area contributed by atoms with Crippen LogP contribution in [0.15, 0.2) is 47.5 Å². The van der Waals surface area contributed by atoms with E-state index in [0.717, 1.165) is 15.2 Å². The van der Waals surface area contributed by atoms with E-state index in [1.165, 1.54) is 26.4 Å². The van der Waals surface area contributed by atoms with E-state index < -0.39 is 17.4 Å². The number of hydrogen-bond donors (Lipinski definition) is 0. The number of methoxy groups -OCH3 is 1. The van der Waals surface area contributed by atoms with E-state index in [-0.39, 0.29) is 25.5 Å². The van der Waals surface area contributed by atoms with Crippen molar-refractivity contribution in [1.82, 2.24) is 9.66 Å². The fourth-order valence-electron chi connectivity index (χ4n) is 2.09. The number of amides is 1. The monoisotopic (exact) mass is 345 g/mol. The van der Waals surface area contributed by atoms with Crippen LogP contribution in [0.3, 0.4) is 0 Å². The van der Waals surface area contributed by atoms with E-state index in [4.69, 9.17) is 4.74 Å². The van der Waals surface area contributed by atoms with Crippen LogP contribution in [0.2, 0.25) is 0 Å². The van der Waals surface area contributed by atoms with Crippen molar-refractivity contribution in [3.8, 4) is 5.88 Å². The molecule has 0 saturated heterocycles. The first kappa shape index (κ1) is 18.2. The van der Waals surface area contributed by atoms with Crippen molar-refractivity contribution in [1.29, 1.82) is 0 Å². The fourth-order valence-corrected chi connectivity index (χ4v) is 2.09. The third-order valence-corrected chi connectivity index (χ3v) is 3.38. The van der Waals surface area contributed by atoms with Gasteiger partial charge in [0.2, 0.25) is 11.8 Å². The van der Waals surface area contributed by atoms with Crippen molar-refractivity contribution in [2.24, 2.45) is 0 Å². The first-order valence-electron chi connectivity index (χ1n) is 7.62. The molecule has 25 heavy (non-hydrogen) atoms. The molecule has 0 aliphatic heterocycles. The summed E-state index contributed by atoms with van der Waals surface area (Å²) in [6.07, 6.45) is 1.16. The van der Waals surface area contributed by atoms with Gasteiger partial charge in [-0.25, -0.2) is 14.7 Å². The molecule has 1 aromatic heterocycles. The quantitative estimate of drug-likeness (QED) is 0.692. The lowest BCUT2D eigenvalue weighted by molar-refractivity contribution is -0.140. The zero-order valence-corrected chi connectivity index (χ0v) is 14.0. The maximum Gasteiger partial charge on any atom is 0.307 e. The number of nitrogens with zero attached hydrogens (tertiary/aromatic N) is 3. The molecule has 1 aromatic carbocycles. The van der Waals surface area contributed by atoms with E-state index in [2.05, 4.69) is 9.72 Å². The molecule has 1 amide bonds. The number of carbonyl (C=O) groups excluding carboxylic acids is 2. The second-order valence-electron chi connectivity index (χ2n) is 5.15. The molecule has 0 aliphatic rings. The predicted octanol–water partition coefficient (Wildman–Crippen LogP) is 0.870. The SMILES string of the molecule is COC(=O)CCN(C(C)=O)n1cnc(OCc2ccccc2)cc1=O. The zero-order chi connectivity index (χ0) is 18.2. The Morgan fingerprint density at radius 2 is 1.96 bits per heavy atom. The van der Waals surface area contributed by atoms with E-state index in [1.807, 2.05) is 30.3 Å². The Kier molecular flexibility index (Phi) is 6.27. The second-order valence-corrected chi connectivity index (χ2v) is 5.15. The standard InChI is InChI=1S/C17H19N3O5/c1-13(21)19(9-8-17(23)24-2)20-12-18-15(10-16(20)22)25-11-14-6-4-3-5-7-14/h3-7,10,12H,8-9,11H2,1-2H3. The van der Waals surface area contributed by atoms with Crippen LogP contribution in [0, 0.1) is 0 Å². The van der Waals surface area contributed by atoms with E-state index in [9.17, 15) is 14.4 Å². The second kappa shape index (κ2) is 8.62.